The maximum Gasteiger partial charge on any atom is 0.169 e. The summed E-state index contributed by atoms with van der Waals surface area (Å²) in [4.78, 5) is 12.8. The van der Waals surface area contributed by atoms with Crippen LogP contribution >= 0.6 is 11.8 Å². The van der Waals surface area contributed by atoms with E-state index in [0.717, 1.165) is 38.5 Å². The molecule has 0 aromatic rings. The largest absolute Gasteiger partial charge is 0.353 e. The Balaban J connectivity index is 1.69. The Labute approximate surface area is 160 Å². The molecule has 6 aliphatic rings. The van der Waals surface area contributed by atoms with Crippen LogP contribution in [0.15, 0.2) is 0 Å². The first-order valence-electron chi connectivity index (χ1n) is 10.2. The lowest BCUT2D eigenvalue weighted by Gasteiger charge is -2.74. The van der Waals surface area contributed by atoms with Crippen molar-refractivity contribution in [1.82, 2.24) is 0 Å². The zero-order valence-corrected chi connectivity index (χ0v) is 16.9. The fourth-order valence-corrected chi connectivity index (χ4v) is 9.26. The average Bonchev–Trinajstić information content (AvgIpc) is 2.90. The minimum atomic E-state index is -0.480. The quantitative estimate of drug-likeness (QED) is 0.674. The number of hydrogen-bond acceptors (Lipinski definition) is 5. The topological polar surface area (TPSA) is 59.3 Å². The van der Waals surface area contributed by atoms with Crippen LogP contribution in [0.25, 0.3) is 0 Å². The molecule has 8 unspecified atom stereocenters. The summed E-state index contributed by atoms with van der Waals surface area (Å²) in [6.45, 7) is 4.60. The molecule has 6 fully saturated rings. The summed E-state index contributed by atoms with van der Waals surface area (Å²) in [6.07, 6.45) is 7.88. The van der Waals surface area contributed by atoms with Crippen molar-refractivity contribution in [2.75, 3.05) is 7.11 Å². The fraction of sp³-hybridized carbons (Fsp3) is 0.905. The van der Waals surface area contributed by atoms with Crippen LogP contribution in [0, 0.1) is 39.2 Å². The Morgan fingerprint density at radius 2 is 2.00 bits per heavy atom. The van der Waals surface area contributed by atoms with E-state index >= 15 is 0 Å². The van der Waals surface area contributed by atoms with Gasteiger partial charge in [0.15, 0.2) is 5.79 Å². The normalized spacial score (nSPS) is 57.4. The second-order valence-electron chi connectivity index (χ2n) is 9.90. The number of ketones is 1. The SMILES string of the molecule is COC12CCC3(C)C(CCC4C5CCC(=O)C5(C)CC(SC#N)C43O1)C2. The summed E-state index contributed by atoms with van der Waals surface area (Å²) in [5.41, 5.74) is -0.497. The molecular formula is C21H29NO3S. The van der Waals surface area contributed by atoms with Gasteiger partial charge in [-0.3, -0.25) is 4.79 Å². The van der Waals surface area contributed by atoms with Crippen molar-refractivity contribution in [1.29, 1.82) is 5.26 Å². The molecule has 0 aromatic carbocycles. The molecule has 4 aliphatic carbocycles. The van der Waals surface area contributed by atoms with Gasteiger partial charge in [-0.15, -0.1) is 0 Å². The molecule has 4 nitrogen and oxygen atoms in total. The van der Waals surface area contributed by atoms with E-state index in [2.05, 4.69) is 19.2 Å². The van der Waals surface area contributed by atoms with Gasteiger partial charge in [-0.2, -0.15) is 5.26 Å². The molecule has 4 saturated carbocycles. The standard InChI is InChI=1S/C21H29NO3S/c1-18-11-17(26-12-22)21-15(14(18)6-7-16(18)23)5-4-13-10-20(24-3,25-21)9-8-19(13,21)2/h13-15,17H,4-11H2,1-3H3. The third-order valence-corrected chi connectivity index (χ3v) is 10.3. The van der Waals surface area contributed by atoms with Crippen LogP contribution in [-0.2, 0) is 14.3 Å². The number of methoxy groups -OCH3 is 1. The fourth-order valence-electron chi connectivity index (χ4n) is 8.04. The lowest BCUT2D eigenvalue weighted by molar-refractivity contribution is -0.419. The molecule has 6 rings (SSSR count). The first kappa shape index (κ1) is 17.5. The molecule has 0 radical (unpaired) electrons. The van der Waals surface area contributed by atoms with Crippen LogP contribution in [0.4, 0.5) is 0 Å². The number of fused-ring (bicyclic) bond motifs is 3. The van der Waals surface area contributed by atoms with Crippen LogP contribution in [0.1, 0.15) is 65.2 Å². The highest BCUT2D eigenvalue weighted by Gasteiger charge is 2.77. The van der Waals surface area contributed by atoms with Gasteiger partial charge in [-0.25, -0.2) is 0 Å². The van der Waals surface area contributed by atoms with E-state index in [9.17, 15) is 10.1 Å². The van der Waals surface area contributed by atoms with E-state index in [0.29, 0.717) is 30.0 Å². The van der Waals surface area contributed by atoms with Gasteiger partial charge in [0.25, 0.3) is 0 Å². The average molecular weight is 376 g/mol. The number of thioether (sulfide) groups is 1. The number of rotatable bonds is 2. The highest BCUT2D eigenvalue weighted by molar-refractivity contribution is 8.04. The number of ether oxygens (including phenoxy) is 2. The highest BCUT2D eigenvalue weighted by atomic mass is 32.2. The van der Waals surface area contributed by atoms with Crippen LogP contribution in [0.5, 0.6) is 0 Å². The van der Waals surface area contributed by atoms with E-state index in [1.165, 1.54) is 18.2 Å². The van der Waals surface area contributed by atoms with Gasteiger partial charge >= 0.3 is 0 Å². The second-order valence-corrected chi connectivity index (χ2v) is 10.9. The molecular weight excluding hydrogens is 346 g/mol. The van der Waals surface area contributed by atoms with Crippen molar-refractivity contribution >= 4 is 17.5 Å². The number of thiocyanates is 1. The van der Waals surface area contributed by atoms with E-state index in [1.807, 2.05) is 0 Å². The van der Waals surface area contributed by atoms with Gasteiger partial charge in [0.2, 0.25) is 0 Å². The predicted molar refractivity (Wildman–Crippen MR) is 99.2 cm³/mol. The Morgan fingerprint density at radius 3 is 2.73 bits per heavy atom. The van der Waals surface area contributed by atoms with Crippen molar-refractivity contribution < 1.29 is 14.3 Å². The molecule has 5 heteroatoms. The van der Waals surface area contributed by atoms with Crippen molar-refractivity contribution in [3.05, 3.63) is 0 Å². The number of nitrogens with zero attached hydrogens (tertiary/aromatic N) is 1. The van der Waals surface area contributed by atoms with E-state index < -0.39 is 5.79 Å². The number of hydrogen-bond donors (Lipinski definition) is 0. The maximum atomic E-state index is 12.8. The third kappa shape index (κ3) is 1.78. The molecule has 2 saturated heterocycles. The second kappa shape index (κ2) is 5.27. The van der Waals surface area contributed by atoms with Crippen LogP contribution < -0.4 is 0 Å². The van der Waals surface area contributed by atoms with Crippen molar-refractivity contribution in [3.8, 4) is 5.40 Å². The van der Waals surface area contributed by atoms with E-state index in [-0.39, 0.29) is 21.7 Å². The highest BCUT2D eigenvalue weighted by Crippen LogP contribution is 2.74. The molecule has 2 heterocycles. The van der Waals surface area contributed by atoms with Gasteiger partial charge < -0.3 is 9.47 Å². The van der Waals surface area contributed by atoms with Crippen LogP contribution in [0.3, 0.4) is 0 Å². The zero-order chi connectivity index (χ0) is 18.4. The summed E-state index contributed by atoms with van der Waals surface area (Å²) in [6, 6.07) is 0. The molecule has 4 bridgehead atoms. The Morgan fingerprint density at radius 1 is 1.19 bits per heavy atom. The van der Waals surface area contributed by atoms with Gasteiger partial charge in [0, 0.05) is 37.2 Å². The van der Waals surface area contributed by atoms with Gasteiger partial charge in [-0.1, -0.05) is 13.8 Å². The van der Waals surface area contributed by atoms with Crippen LogP contribution in [-0.4, -0.2) is 29.5 Å². The monoisotopic (exact) mass is 375 g/mol. The molecule has 0 N–H and O–H groups in total. The van der Waals surface area contributed by atoms with E-state index in [4.69, 9.17) is 9.47 Å². The van der Waals surface area contributed by atoms with Gasteiger partial charge in [0.05, 0.1) is 10.9 Å². The molecule has 0 aromatic heterocycles. The molecule has 8 atom stereocenters. The first-order valence-corrected chi connectivity index (χ1v) is 11.1. The predicted octanol–water partition coefficient (Wildman–Crippen LogP) is 4.29. The number of carbonyl (C=O) groups excluding carboxylic acids is 1. The minimum Gasteiger partial charge on any atom is -0.353 e. The Hall–Kier alpha value is -0.570. The van der Waals surface area contributed by atoms with E-state index in [1.54, 1.807) is 7.11 Å². The number of nitriles is 1. The minimum absolute atomic E-state index is 0.0590. The Kier molecular flexibility index (Phi) is 3.55. The summed E-state index contributed by atoms with van der Waals surface area (Å²) >= 11 is 1.37. The molecule has 26 heavy (non-hydrogen) atoms. The maximum absolute atomic E-state index is 12.8. The summed E-state index contributed by atoms with van der Waals surface area (Å²) < 4.78 is 13.0. The van der Waals surface area contributed by atoms with Crippen molar-refractivity contribution in [3.63, 3.8) is 0 Å². The summed E-state index contributed by atoms with van der Waals surface area (Å²) in [5.74, 6) is 1.30. The van der Waals surface area contributed by atoms with Crippen molar-refractivity contribution in [2.24, 2.45) is 28.6 Å². The first-order chi connectivity index (χ1) is 12.4. The summed E-state index contributed by atoms with van der Waals surface area (Å²) in [7, 11) is 1.79. The smallest absolute Gasteiger partial charge is 0.169 e. The third-order valence-electron chi connectivity index (χ3n) is 9.39. The lowest BCUT2D eigenvalue weighted by atomic mass is 9.40. The molecule has 2 aliphatic heterocycles. The number of Topliss-reactive ketones (excluding diaryl/α,β-unsaturated/α-hetero) is 1. The molecule has 0 amide bonds. The van der Waals surface area contributed by atoms with Crippen LogP contribution in [0.2, 0.25) is 0 Å². The molecule has 142 valence electrons. The van der Waals surface area contributed by atoms with Gasteiger partial charge in [0.1, 0.15) is 11.2 Å². The number of carbonyl (C=O) groups is 1. The van der Waals surface area contributed by atoms with Gasteiger partial charge in [-0.05, 0) is 61.6 Å². The Bertz CT molecular complexity index is 706. The lowest BCUT2D eigenvalue weighted by Crippen LogP contribution is -2.78. The molecule has 1 spiro atoms. The summed E-state index contributed by atoms with van der Waals surface area (Å²) in [5, 5.41) is 12.0. The zero-order valence-electron chi connectivity index (χ0n) is 16.0. The van der Waals surface area contributed by atoms with Crippen molar-refractivity contribution in [2.45, 2.75) is 81.9 Å².